The third-order valence-electron chi connectivity index (χ3n) is 5.33. The summed E-state index contributed by atoms with van der Waals surface area (Å²) < 4.78 is 1.66. The van der Waals surface area contributed by atoms with E-state index in [1.165, 1.54) is 0 Å². The van der Waals surface area contributed by atoms with E-state index in [-0.39, 0.29) is 35.7 Å². The third kappa shape index (κ3) is 4.42. The highest BCUT2D eigenvalue weighted by molar-refractivity contribution is 5.98. The van der Waals surface area contributed by atoms with Crippen LogP contribution in [0.1, 0.15) is 71.6 Å². The molecule has 28 heavy (non-hydrogen) atoms. The summed E-state index contributed by atoms with van der Waals surface area (Å²) in [4.78, 5) is 25.2. The Bertz CT molecular complexity index is 810. The van der Waals surface area contributed by atoms with Crippen LogP contribution in [-0.2, 0) is 0 Å². The van der Waals surface area contributed by atoms with E-state index in [9.17, 15) is 14.7 Å². The molecule has 150 valence electrons. The fraction of sp³-hybridized carbons (Fsp3) is 0.476. The first kappa shape index (κ1) is 20.1. The molecule has 1 aromatic carbocycles. The zero-order valence-electron chi connectivity index (χ0n) is 16.4. The lowest BCUT2D eigenvalue weighted by atomic mass is 9.93. The van der Waals surface area contributed by atoms with E-state index in [2.05, 4.69) is 15.7 Å². The maximum atomic E-state index is 13.0. The van der Waals surface area contributed by atoms with Crippen molar-refractivity contribution in [1.82, 2.24) is 20.4 Å². The fourth-order valence-corrected chi connectivity index (χ4v) is 3.75. The number of amides is 2. The number of aliphatic hydroxyl groups is 1. The van der Waals surface area contributed by atoms with Gasteiger partial charge < -0.3 is 15.7 Å². The third-order valence-corrected chi connectivity index (χ3v) is 5.33. The van der Waals surface area contributed by atoms with Crippen LogP contribution in [0.5, 0.6) is 0 Å². The van der Waals surface area contributed by atoms with Gasteiger partial charge in [0.05, 0.1) is 12.1 Å². The van der Waals surface area contributed by atoms with Gasteiger partial charge in [-0.3, -0.25) is 14.3 Å². The molecule has 0 aliphatic heterocycles. The van der Waals surface area contributed by atoms with E-state index >= 15 is 0 Å². The summed E-state index contributed by atoms with van der Waals surface area (Å²) in [5.74, 6) is -0.560. The molecule has 3 rings (SSSR count). The van der Waals surface area contributed by atoms with Crippen molar-refractivity contribution in [3.05, 3.63) is 53.3 Å². The first-order chi connectivity index (χ1) is 13.5. The van der Waals surface area contributed by atoms with Gasteiger partial charge in [-0.05, 0) is 37.7 Å². The lowest BCUT2D eigenvalue weighted by Crippen LogP contribution is -2.39. The number of hydrogen-bond acceptors (Lipinski definition) is 4. The lowest BCUT2D eigenvalue weighted by Gasteiger charge is -2.26. The average Bonchev–Trinajstić information content (AvgIpc) is 3.16. The monoisotopic (exact) mass is 384 g/mol. The van der Waals surface area contributed by atoms with E-state index < -0.39 is 0 Å². The van der Waals surface area contributed by atoms with Gasteiger partial charge in [-0.2, -0.15) is 5.10 Å². The molecule has 0 radical (unpaired) electrons. The van der Waals surface area contributed by atoms with Crippen LogP contribution < -0.4 is 10.6 Å². The van der Waals surface area contributed by atoms with Crippen LogP contribution in [0.2, 0.25) is 0 Å². The van der Waals surface area contributed by atoms with Crippen molar-refractivity contribution >= 4 is 11.8 Å². The van der Waals surface area contributed by atoms with Crippen molar-refractivity contribution in [2.24, 2.45) is 0 Å². The van der Waals surface area contributed by atoms with E-state index in [1.54, 1.807) is 17.8 Å². The quantitative estimate of drug-likeness (QED) is 0.712. The number of hydrogen-bond donors (Lipinski definition) is 3. The van der Waals surface area contributed by atoms with Gasteiger partial charge in [0.2, 0.25) is 0 Å². The van der Waals surface area contributed by atoms with Crippen molar-refractivity contribution in [3.8, 4) is 0 Å². The summed E-state index contributed by atoms with van der Waals surface area (Å²) in [7, 11) is 1.54. The van der Waals surface area contributed by atoms with E-state index in [0.717, 1.165) is 24.8 Å². The molecule has 2 aromatic rings. The molecule has 1 aromatic heterocycles. The highest BCUT2D eigenvalue weighted by Crippen LogP contribution is 2.24. The number of aliphatic hydroxyl groups excluding tert-OH is 1. The fourth-order valence-electron chi connectivity index (χ4n) is 3.75. The molecule has 2 amide bonds. The molecular weight excluding hydrogens is 356 g/mol. The van der Waals surface area contributed by atoms with Crippen LogP contribution in [0.15, 0.2) is 36.4 Å². The molecule has 1 aliphatic carbocycles. The number of aromatic nitrogens is 2. The normalized spacial score (nSPS) is 20.4. The first-order valence-electron chi connectivity index (χ1n) is 9.89. The molecule has 0 unspecified atom stereocenters. The highest BCUT2D eigenvalue weighted by Gasteiger charge is 2.27. The van der Waals surface area contributed by atoms with Crippen molar-refractivity contribution < 1.29 is 14.7 Å². The number of rotatable bonds is 6. The minimum atomic E-state index is -0.323. The second-order valence-corrected chi connectivity index (χ2v) is 7.25. The SMILES string of the molecule is CC[C@@H](c1ccccc1)n1nc(C(=O)NC)cc1C(=O)NC1CCC(O)CC1. The summed E-state index contributed by atoms with van der Waals surface area (Å²) in [6, 6.07) is 11.3. The summed E-state index contributed by atoms with van der Waals surface area (Å²) in [5, 5.41) is 19.8. The second kappa shape index (κ2) is 9.01. The minimum Gasteiger partial charge on any atom is -0.393 e. The number of benzene rings is 1. The minimum absolute atomic E-state index is 0.0273. The molecule has 0 bridgehead atoms. The largest absolute Gasteiger partial charge is 0.393 e. The Morgan fingerprint density at radius 3 is 2.46 bits per heavy atom. The van der Waals surface area contributed by atoms with Crippen LogP contribution in [-0.4, -0.2) is 45.9 Å². The van der Waals surface area contributed by atoms with Gasteiger partial charge >= 0.3 is 0 Å². The van der Waals surface area contributed by atoms with Crippen LogP contribution in [0.25, 0.3) is 0 Å². The Balaban J connectivity index is 1.91. The Morgan fingerprint density at radius 1 is 1.18 bits per heavy atom. The Kier molecular flexibility index (Phi) is 6.46. The molecule has 1 heterocycles. The van der Waals surface area contributed by atoms with Gasteiger partial charge in [0.15, 0.2) is 5.69 Å². The Morgan fingerprint density at radius 2 is 1.86 bits per heavy atom. The van der Waals surface area contributed by atoms with Gasteiger partial charge in [0.1, 0.15) is 5.69 Å². The Labute approximate surface area is 165 Å². The molecule has 0 spiro atoms. The van der Waals surface area contributed by atoms with Crippen molar-refractivity contribution in [2.45, 2.75) is 57.2 Å². The lowest BCUT2D eigenvalue weighted by molar-refractivity contribution is 0.0856. The molecule has 1 aliphatic rings. The predicted molar refractivity (Wildman–Crippen MR) is 106 cm³/mol. The van der Waals surface area contributed by atoms with Gasteiger partial charge in [-0.25, -0.2) is 0 Å². The zero-order chi connectivity index (χ0) is 20.1. The standard InChI is InChI=1S/C21H28N4O3/c1-3-18(14-7-5-4-6-8-14)25-19(13-17(24-25)20(27)22-2)21(28)23-15-9-11-16(26)12-10-15/h4-8,13,15-16,18,26H,3,9-12H2,1-2H3,(H,22,27)(H,23,28)/t15?,16?,18-/m0/s1. The van der Waals surface area contributed by atoms with Gasteiger partial charge in [0.25, 0.3) is 11.8 Å². The van der Waals surface area contributed by atoms with Gasteiger partial charge in [-0.15, -0.1) is 0 Å². The van der Waals surface area contributed by atoms with Crippen LogP contribution in [0.4, 0.5) is 0 Å². The molecular formula is C21H28N4O3. The number of nitrogens with one attached hydrogen (secondary N) is 2. The molecule has 7 heteroatoms. The van der Waals surface area contributed by atoms with Crippen LogP contribution in [0.3, 0.4) is 0 Å². The van der Waals surface area contributed by atoms with Crippen LogP contribution in [0, 0.1) is 0 Å². The molecule has 1 saturated carbocycles. The first-order valence-corrected chi connectivity index (χ1v) is 9.89. The number of carbonyl (C=O) groups is 2. The summed E-state index contributed by atoms with van der Waals surface area (Å²) in [5.41, 5.74) is 1.63. The number of nitrogens with zero attached hydrogens (tertiary/aromatic N) is 2. The van der Waals surface area contributed by atoms with E-state index in [4.69, 9.17) is 0 Å². The second-order valence-electron chi connectivity index (χ2n) is 7.25. The Hall–Kier alpha value is -2.67. The average molecular weight is 384 g/mol. The number of carbonyl (C=O) groups excluding carboxylic acids is 2. The summed E-state index contributed by atoms with van der Waals surface area (Å²) in [6.45, 7) is 2.03. The molecule has 3 N–H and O–H groups in total. The van der Waals surface area contributed by atoms with Crippen molar-refractivity contribution in [2.75, 3.05) is 7.05 Å². The molecule has 0 saturated heterocycles. The summed E-state index contributed by atoms with van der Waals surface area (Å²) >= 11 is 0. The summed E-state index contributed by atoms with van der Waals surface area (Å²) in [6.07, 6.45) is 3.33. The topological polar surface area (TPSA) is 96.2 Å². The van der Waals surface area contributed by atoms with E-state index in [0.29, 0.717) is 18.5 Å². The van der Waals surface area contributed by atoms with Gasteiger partial charge in [-0.1, -0.05) is 37.3 Å². The predicted octanol–water partition coefficient (Wildman–Crippen LogP) is 2.28. The molecule has 1 atom stereocenters. The van der Waals surface area contributed by atoms with E-state index in [1.807, 2.05) is 37.3 Å². The zero-order valence-corrected chi connectivity index (χ0v) is 16.4. The molecule has 7 nitrogen and oxygen atoms in total. The smallest absolute Gasteiger partial charge is 0.271 e. The van der Waals surface area contributed by atoms with Crippen molar-refractivity contribution in [3.63, 3.8) is 0 Å². The van der Waals surface area contributed by atoms with Crippen molar-refractivity contribution in [1.29, 1.82) is 0 Å². The maximum absolute atomic E-state index is 13.0. The highest BCUT2D eigenvalue weighted by atomic mass is 16.3. The maximum Gasteiger partial charge on any atom is 0.271 e. The molecule has 1 fully saturated rings. The van der Waals surface area contributed by atoms with Crippen LogP contribution >= 0.6 is 0 Å². The van der Waals surface area contributed by atoms with Gasteiger partial charge in [0, 0.05) is 19.2 Å².